The molecule has 1 aliphatic rings. The Morgan fingerprint density at radius 2 is 1.86 bits per heavy atom. The molecule has 1 fully saturated rings. The van der Waals surface area contributed by atoms with Crippen LogP contribution in [-0.2, 0) is 4.74 Å². The highest BCUT2D eigenvalue weighted by Crippen LogP contribution is 2.33. The predicted octanol–water partition coefficient (Wildman–Crippen LogP) is 5.95. The van der Waals surface area contributed by atoms with Crippen LogP contribution in [0.15, 0.2) is 45.6 Å². The number of carbonyl (C=O) groups is 1. The van der Waals surface area contributed by atoms with Crippen LogP contribution >= 0.6 is 22.9 Å². The Bertz CT molecular complexity index is 1510. The number of fused-ring (bicyclic) bond motifs is 2. The molecule has 0 N–H and O–H groups in total. The summed E-state index contributed by atoms with van der Waals surface area (Å²) in [7, 11) is 0. The minimum Gasteiger partial charge on any atom is -0.444 e. The molecule has 2 atom stereocenters. The smallest absolute Gasteiger partial charge is 0.410 e. The van der Waals surface area contributed by atoms with Crippen molar-refractivity contribution in [1.29, 1.82) is 0 Å². The zero-order valence-electron chi connectivity index (χ0n) is 20.7. The maximum Gasteiger partial charge on any atom is 0.410 e. The zero-order valence-corrected chi connectivity index (χ0v) is 22.3. The first-order valence-corrected chi connectivity index (χ1v) is 13.0. The second-order valence-corrected chi connectivity index (χ2v) is 11.5. The van der Waals surface area contributed by atoms with Crippen molar-refractivity contribution in [3.05, 3.63) is 51.8 Å². The summed E-state index contributed by atoms with van der Waals surface area (Å²) in [6, 6.07) is 10.9. The second kappa shape index (κ2) is 9.05. The van der Waals surface area contributed by atoms with Gasteiger partial charge in [-0.1, -0.05) is 17.7 Å². The summed E-state index contributed by atoms with van der Waals surface area (Å²) in [5.41, 5.74) is 0.249. The summed E-state index contributed by atoms with van der Waals surface area (Å²) in [6.07, 6.45) is -0.316. The number of piperazine rings is 1. The Morgan fingerprint density at radius 1 is 1.14 bits per heavy atom. The maximum absolute atomic E-state index is 12.9. The van der Waals surface area contributed by atoms with Crippen molar-refractivity contribution in [2.75, 3.05) is 18.0 Å². The summed E-state index contributed by atoms with van der Waals surface area (Å²) >= 11 is 7.65. The second-order valence-electron chi connectivity index (χ2n) is 10.1. The molecule has 8 nitrogen and oxygen atoms in total. The Balaban J connectivity index is 1.42. The molecule has 0 aliphatic carbocycles. The van der Waals surface area contributed by atoms with E-state index < -0.39 is 11.2 Å². The average Bonchev–Trinajstić information content (AvgIpc) is 3.22. The first-order chi connectivity index (χ1) is 17.0. The normalized spacial score (nSPS) is 18.7. The summed E-state index contributed by atoms with van der Waals surface area (Å²) < 4.78 is 12.1. The van der Waals surface area contributed by atoms with E-state index in [1.165, 1.54) is 11.3 Å². The van der Waals surface area contributed by atoms with Crippen LogP contribution < -0.4 is 10.5 Å². The lowest BCUT2D eigenvalue weighted by atomic mass is 10.1. The molecule has 0 unspecified atom stereocenters. The van der Waals surface area contributed by atoms with Crippen molar-refractivity contribution >= 4 is 56.2 Å². The third-order valence-electron chi connectivity index (χ3n) is 6.03. The van der Waals surface area contributed by atoms with Gasteiger partial charge in [0.15, 0.2) is 0 Å². The van der Waals surface area contributed by atoms with E-state index >= 15 is 0 Å². The van der Waals surface area contributed by atoms with E-state index in [1.807, 2.05) is 58.9 Å². The predicted molar refractivity (Wildman–Crippen MR) is 143 cm³/mol. The van der Waals surface area contributed by atoms with Crippen molar-refractivity contribution < 1.29 is 13.9 Å². The fourth-order valence-electron chi connectivity index (χ4n) is 4.53. The van der Waals surface area contributed by atoms with E-state index in [-0.39, 0.29) is 23.9 Å². The van der Waals surface area contributed by atoms with E-state index in [1.54, 1.807) is 17.0 Å². The van der Waals surface area contributed by atoms with Crippen LogP contribution in [0.1, 0.15) is 34.6 Å². The van der Waals surface area contributed by atoms with Crippen molar-refractivity contribution in [1.82, 2.24) is 14.9 Å². The quantitative estimate of drug-likeness (QED) is 0.318. The number of ether oxygens (including phenoxy) is 1. The van der Waals surface area contributed by atoms with Crippen LogP contribution in [0.4, 0.5) is 10.6 Å². The van der Waals surface area contributed by atoms with E-state index in [0.717, 1.165) is 4.70 Å². The number of para-hydroxylation sites is 1. The van der Waals surface area contributed by atoms with Gasteiger partial charge in [0.2, 0.25) is 5.71 Å². The number of amides is 1. The van der Waals surface area contributed by atoms with Crippen LogP contribution in [0, 0.1) is 0 Å². The number of carbonyl (C=O) groups excluding carboxylic acids is 1. The lowest BCUT2D eigenvalue weighted by molar-refractivity contribution is 0.00560. The van der Waals surface area contributed by atoms with Crippen molar-refractivity contribution in [3.8, 4) is 10.6 Å². The Kier molecular flexibility index (Phi) is 6.16. The Labute approximate surface area is 217 Å². The first kappa shape index (κ1) is 24.5. The highest BCUT2D eigenvalue weighted by Gasteiger charge is 2.36. The molecule has 0 bridgehead atoms. The van der Waals surface area contributed by atoms with Gasteiger partial charge < -0.3 is 14.1 Å². The topological polar surface area (TPSA) is 88.8 Å². The third kappa shape index (κ3) is 4.65. The van der Waals surface area contributed by atoms with Gasteiger partial charge >= 0.3 is 11.7 Å². The first-order valence-electron chi connectivity index (χ1n) is 11.8. The molecule has 1 aliphatic heterocycles. The monoisotopic (exact) mass is 526 g/mol. The number of hydrogen-bond donors (Lipinski definition) is 0. The molecule has 4 aromatic rings. The summed E-state index contributed by atoms with van der Waals surface area (Å²) in [5, 5.41) is 1.80. The lowest BCUT2D eigenvalue weighted by Crippen LogP contribution is -2.59. The third-order valence-corrected chi connectivity index (χ3v) is 7.39. The largest absolute Gasteiger partial charge is 0.444 e. The number of thiazole rings is 1. The Morgan fingerprint density at radius 3 is 2.53 bits per heavy atom. The molecule has 188 valence electrons. The van der Waals surface area contributed by atoms with Gasteiger partial charge in [0.05, 0.1) is 27.4 Å². The van der Waals surface area contributed by atoms with E-state index in [9.17, 15) is 9.59 Å². The van der Waals surface area contributed by atoms with Crippen LogP contribution in [0.2, 0.25) is 5.02 Å². The fourth-order valence-corrected chi connectivity index (χ4v) is 5.80. The summed E-state index contributed by atoms with van der Waals surface area (Å²) in [6.45, 7) is 10.7. The van der Waals surface area contributed by atoms with Crippen molar-refractivity contribution in [2.24, 2.45) is 0 Å². The molecule has 5 rings (SSSR count). The zero-order chi connectivity index (χ0) is 25.8. The van der Waals surface area contributed by atoms with E-state index in [2.05, 4.69) is 14.9 Å². The molecular weight excluding hydrogens is 500 g/mol. The van der Waals surface area contributed by atoms with Crippen LogP contribution in [0.5, 0.6) is 0 Å². The fraction of sp³-hybridized carbons (Fsp3) is 0.385. The van der Waals surface area contributed by atoms with Crippen LogP contribution in [-0.4, -0.2) is 51.7 Å². The SMILES string of the molecule is C[C@@H]1CN(c2ccc3cc(-c4nc5c(Cl)cccc5s4)c(=O)oc3n2)C[C@H](C)N1C(=O)OC(C)(C)C. The number of anilines is 1. The molecule has 4 heterocycles. The van der Waals surface area contributed by atoms with Gasteiger partial charge in [-0.15, -0.1) is 11.3 Å². The highest BCUT2D eigenvalue weighted by atomic mass is 35.5. The Hall–Kier alpha value is -3.17. The summed E-state index contributed by atoms with van der Waals surface area (Å²) in [4.78, 5) is 38.7. The molecule has 0 saturated carbocycles. The average molecular weight is 527 g/mol. The van der Waals surface area contributed by atoms with Gasteiger partial charge in [0.25, 0.3) is 0 Å². The molecule has 1 amide bonds. The number of aromatic nitrogens is 2. The number of rotatable bonds is 2. The standard InChI is InChI=1S/C26H27ClN4O4S/c1-14-12-30(13-15(2)31(14)25(33)35-26(3,4)5)20-10-9-16-11-17(24(32)34-22(16)28-20)23-29-21-18(27)7-6-8-19(21)36-23/h6-11,14-15H,12-13H2,1-5H3/t14-,15+. The molecule has 10 heteroatoms. The minimum absolute atomic E-state index is 0.0821. The molecule has 0 radical (unpaired) electrons. The molecule has 3 aromatic heterocycles. The summed E-state index contributed by atoms with van der Waals surface area (Å²) in [5.74, 6) is 0.688. The number of halogens is 1. The van der Waals surface area contributed by atoms with E-state index in [0.29, 0.717) is 45.4 Å². The van der Waals surface area contributed by atoms with Crippen LogP contribution in [0.25, 0.3) is 31.9 Å². The van der Waals surface area contributed by atoms with Crippen molar-refractivity contribution in [2.45, 2.75) is 52.3 Å². The van der Waals surface area contributed by atoms with Gasteiger partial charge in [-0.3, -0.25) is 4.90 Å². The highest BCUT2D eigenvalue weighted by molar-refractivity contribution is 7.21. The number of pyridine rings is 1. The van der Waals surface area contributed by atoms with E-state index in [4.69, 9.17) is 20.8 Å². The molecule has 1 aromatic carbocycles. The van der Waals surface area contributed by atoms with Gasteiger partial charge in [0.1, 0.15) is 21.9 Å². The number of nitrogens with zero attached hydrogens (tertiary/aromatic N) is 4. The minimum atomic E-state index is -0.554. The molecule has 1 saturated heterocycles. The molecule has 36 heavy (non-hydrogen) atoms. The van der Waals surface area contributed by atoms with Crippen molar-refractivity contribution in [3.63, 3.8) is 0 Å². The van der Waals surface area contributed by atoms with Gasteiger partial charge in [-0.2, -0.15) is 4.98 Å². The molecular formula is C26H27ClN4O4S. The van der Waals surface area contributed by atoms with Gasteiger partial charge in [0, 0.05) is 18.5 Å². The lowest BCUT2D eigenvalue weighted by Gasteiger charge is -2.44. The van der Waals surface area contributed by atoms with Crippen LogP contribution in [0.3, 0.4) is 0 Å². The molecule has 0 spiro atoms. The maximum atomic E-state index is 12.9. The number of benzene rings is 1. The number of hydrogen-bond acceptors (Lipinski definition) is 8. The van der Waals surface area contributed by atoms with Gasteiger partial charge in [-0.25, -0.2) is 14.6 Å². The van der Waals surface area contributed by atoms with Gasteiger partial charge in [-0.05, 0) is 65.0 Å².